The second-order valence-corrected chi connectivity index (χ2v) is 7.01. The van der Waals surface area contributed by atoms with Crippen molar-refractivity contribution in [2.75, 3.05) is 32.9 Å². The number of sulfonamides is 1. The number of hydrogen-bond acceptors (Lipinski definition) is 4. The van der Waals surface area contributed by atoms with E-state index in [2.05, 4.69) is 0 Å². The summed E-state index contributed by atoms with van der Waals surface area (Å²) in [7, 11) is -1.59. The van der Waals surface area contributed by atoms with Crippen molar-refractivity contribution in [3.8, 4) is 0 Å². The smallest absolute Gasteiger partial charge is 0.226 e. The Labute approximate surface area is 109 Å². The first-order valence-electron chi connectivity index (χ1n) is 6.10. The van der Waals surface area contributed by atoms with Gasteiger partial charge in [0.15, 0.2) is 0 Å². The van der Waals surface area contributed by atoms with Crippen molar-refractivity contribution in [2.24, 2.45) is 5.92 Å². The van der Waals surface area contributed by atoms with E-state index in [4.69, 9.17) is 0 Å². The van der Waals surface area contributed by atoms with Crippen molar-refractivity contribution in [3.63, 3.8) is 0 Å². The molecule has 106 valence electrons. The van der Waals surface area contributed by atoms with Crippen LogP contribution < -0.4 is 0 Å². The number of nitrogens with zero attached hydrogens (tertiary/aromatic N) is 2. The summed E-state index contributed by atoms with van der Waals surface area (Å²) in [6, 6.07) is 0. The van der Waals surface area contributed by atoms with Gasteiger partial charge in [0.25, 0.3) is 0 Å². The van der Waals surface area contributed by atoms with Crippen LogP contribution in [0.1, 0.15) is 19.8 Å². The molecule has 1 heterocycles. The molecule has 2 unspecified atom stereocenters. The molecular formula is C11H22N2O4S. The Morgan fingerprint density at radius 3 is 2.67 bits per heavy atom. The molecule has 18 heavy (non-hydrogen) atoms. The Morgan fingerprint density at radius 1 is 1.56 bits per heavy atom. The van der Waals surface area contributed by atoms with Crippen LogP contribution in [-0.2, 0) is 14.8 Å². The standard InChI is InChI=1S/C11H22N2O4S/c1-9(14)7-12(2)11(15)10-5-4-6-13(8-10)18(3,16)17/h9-10,14H,4-8H2,1-3H3. The van der Waals surface area contributed by atoms with Gasteiger partial charge in [-0.25, -0.2) is 12.7 Å². The van der Waals surface area contributed by atoms with Crippen LogP contribution in [0.15, 0.2) is 0 Å². The van der Waals surface area contributed by atoms with Crippen molar-refractivity contribution in [1.29, 1.82) is 0 Å². The van der Waals surface area contributed by atoms with Gasteiger partial charge in [-0.2, -0.15) is 0 Å². The molecule has 1 N–H and O–H groups in total. The van der Waals surface area contributed by atoms with Crippen LogP contribution in [0.25, 0.3) is 0 Å². The highest BCUT2D eigenvalue weighted by atomic mass is 32.2. The second kappa shape index (κ2) is 5.99. The molecule has 7 heteroatoms. The van der Waals surface area contributed by atoms with E-state index < -0.39 is 16.1 Å². The fraction of sp³-hybridized carbons (Fsp3) is 0.909. The number of aliphatic hydroxyl groups is 1. The van der Waals surface area contributed by atoms with Crippen LogP contribution in [0, 0.1) is 5.92 Å². The van der Waals surface area contributed by atoms with Gasteiger partial charge in [0.05, 0.1) is 18.3 Å². The third-order valence-electron chi connectivity index (χ3n) is 3.12. The van der Waals surface area contributed by atoms with E-state index in [-0.39, 0.29) is 24.9 Å². The van der Waals surface area contributed by atoms with Crippen LogP contribution in [0.2, 0.25) is 0 Å². The van der Waals surface area contributed by atoms with Crippen LogP contribution in [-0.4, -0.2) is 67.7 Å². The summed E-state index contributed by atoms with van der Waals surface area (Å²) in [5.41, 5.74) is 0. The van der Waals surface area contributed by atoms with Gasteiger partial charge in [-0.1, -0.05) is 0 Å². The van der Waals surface area contributed by atoms with E-state index in [1.807, 2.05) is 0 Å². The van der Waals surface area contributed by atoms with Gasteiger partial charge in [-0.3, -0.25) is 4.79 Å². The minimum atomic E-state index is -3.23. The Kier molecular flexibility index (Phi) is 5.12. The second-order valence-electron chi connectivity index (χ2n) is 5.03. The molecule has 0 bridgehead atoms. The molecule has 0 radical (unpaired) electrons. The summed E-state index contributed by atoms with van der Waals surface area (Å²) in [5, 5.41) is 9.25. The Bertz CT molecular complexity index is 394. The van der Waals surface area contributed by atoms with Crippen molar-refractivity contribution in [1.82, 2.24) is 9.21 Å². The SMILES string of the molecule is CC(O)CN(C)C(=O)C1CCCN(S(C)(=O)=O)C1. The molecule has 1 fully saturated rings. The van der Waals surface area contributed by atoms with E-state index in [9.17, 15) is 18.3 Å². The number of carbonyl (C=O) groups is 1. The largest absolute Gasteiger partial charge is 0.392 e. The van der Waals surface area contributed by atoms with Crippen LogP contribution >= 0.6 is 0 Å². The molecule has 1 aliphatic heterocycles. The zero-order chi connectivity index (χ0) is 13.9. The van der Waals surface area contributed by atoms with E-state index in [0.717, 1.165) is 0 Å². The van der Waals surface area contributed by atoms with E-state index in [1.54, 1.807) is 14.0 Å². The van der Waals surface area contributed by atoms with Gasteiger partial charge in [0.2, 0.25) is 15.9 Å². The molecular weight excluding hydrogens is 256 g/mol. The molecule has 6 nitrogen and oxygen atoms in total. The number of piperidine rings is 1. The normalized spacial score (nSPS) is 23.7. The van der Waals surface area contributed by atoms with Gasteiger partial charge < -0.3 is 10.0 Å². The Balaban J connectivity index is 2.64. The van der Waals surface area contributed by atoms with Crippen molar-refractivity contribution < 1.29 is 18.3 Å². The summed E-state index contributed by atoms with van der Waals surface area (Å²) in [5.74, 6) is -0.388. The molecule has 0 saturated carbocycles. The monoisotopic (exact) mass is 278 g/mol. The molecule has 1 saturated heterocycles. The van der Waals surface area contributed by atoms with E-state index >= 15 is 0 Å². The van der Waals surface area contributed by atoms with Crippen LogP contribution in [0.3, 0.4) is 0 Å². The highest BCUT2D eigenvalue weighted by molar-refractivity contribution is 7.88. The van der Waals surface area contributed by atoms with Crippen molar-refractivity contribution >= 4 is 15.9 Å². The van der Waals surface area contributed by atoms with Gasteiger partial charge >= 0.3 is 0 Å². The van der Waals surface area contributed by atoms with Gasteiger partial charge in [0.1, 0.15) is 0 Å². The minimum absolute atomic E-state index is 0.0933. The Hall–Kier alpha value is -0.660. The topological polar surface area (TPSA) is 77.9 Å². The highest BCUT2D eigenvalue weighted by Gasteiger charge is 2.31. The number of hydrogen-bond donors (Lipinski definition) is 1. The van der Waals surface area contributed by atoms with Crippen LogP contribution in [0.5, 0.6) is 0 Å². The van der Waals surface area contributed by atoms with E-state index in [1.165, 1.54) is 15.5 Å². The molecule has 0 spiro atoms. The number of amides is 1. The number of carbonyl (C=O) groups excluding carboxylic acids is 1. The zero-order valence-corrected chi connectivity index (χ0v) is 12.0. The molecule has 0 aromatic heterocycles. The number of likely N-dealkylation sites (N-methyl/N-ethyl adjacent to an activating group) is 1. The predicted molar refractivity (Wildman–Crippen MR) is 68.5 cm³/mol. The number of rotatable bonds is 4. The molecule has 1 rings (SSSR count). The molecule has 1 aliphatic rings. The summed E-state index contributed by atoms with van der Waals surface area (Å²) in [4.78, 5) is 13.6. The zero-order valence-electron chi connectivity index (χ0n) is 11.2. The average Bonchev–Trinajstić information content (AvgIpc) is 2.26. The summed E-state index contributed by atoms with van der Waals surface area (Å²) in [6.45, 7) is 2.63. The molecule has 0 aromatic carbocycles. The van der Waals surface area contributed by atoms with Gasteiger partial charge in [-0.05, 0) is 19.8 Å². The summed E-state index contributed by atoms with van der Waals surface area (Å²) >= 11 is 0. The molecule has 0 aliphatic carbocycles. The fourth-order valence-corrected chi connectivity index (χ4v) is 3.15. The predicted octanol–water partition coefficient (Wildman–Crippen LogP) is -0.503. The lowest BCUT2D eigenvalue weighted by molar-refractivity contribution is -0.136. The maximum Gasteiger partial charge on any atom is 0.226 e. The lowest BCUT2D eigenvalue weighted by Gasteiger charge is -2.32. The third kappa shape index (κ3) is 4.22. The lowest BCUT2D eigenvalue weighted by atomic mass is 9.98. The maximum absolute atomic E-state index is 12.1. The lowest BCUT2D eigenvalue weighted by Crippen LogP contribution is -2.46. The third-order valence-corrected chi connectivity index (χ3v) is 4.39. The van der Waals surface area contributed by atoms with Crippen LogP contribution in [0.4, 0.5) is 0 Å². The quantitative estimate of drug-likeness (QED) is 0.752. The number of aliphatic hydroxyl groups excluding tert-OH is 1. The molecule has 1 amide bonds. The average molecular weight is 278 g/mol. The first-order chi connectivity index (χ1) is 8.21. The first-order valence-corrected chi connectivity index (χ1v) is 7.95. The van der Waals surface area contributed by atoms with Gasteiger partial charge in [-0.15, -0.1) is 0 Å². The maximum atomic E-state index is 12.1. The molecule has 0 aromatic rings. The molecule has 2 atom stereocenters. The first kappa shape index (κ1) is 15.4. The fourth-order valence-electron chi connectivity index (χ4n) is 2.24. The highest BCUT2D eigenvalue weighted by Crippen LogP contribution is 2.20. The summed E-state index contributed by atoms with van der Waals surface area (Å²) < 4.78 is 24.3. The van der Waals surface area contributed by atoms with Crippen molar-refractivity contribution in [3.05, 3.63) is 0 Å². The van der Waals surface area contributed by atoms with Crippen molar-refractivity contribution in [2.45, 2.75) is 25.9 Å². The Morgan fingerprint density at radius 2 is 2.17 bits per heavy atom. The van der Waals surface area contributed by atoms with E-state index in [0.29, 0.717) is 19.4 Å². The summed E-state index contributed by atoms with van der Waals surface area (Å²) in [6.07, 6.45) is 1.99. The van der Waals surface area contributed by atoms with Gasteiger partial charge in [0, 0.05) is 26.7 Å². The minimum Gasteiger partial charge on any atom is -0.392 e.